The molecule has 1 N–H and O–H groups in total. The van der Waals surface area contributed by atoms with Crippen molar-refractivity contribution >= 4 is 17.2 Å². The second-order valence-corrected chi connectivity index (χ2v) is 5.51. The van der Waals surface area contributed by atoms with Gasteiger partial charge >= 0.3 is 0 Å². The third kappa shape index (κ3) is 3.40. The Morgan fingerprint density at radius 2 is 1.96 bits per heavy atom. The predicted octanol–water partition coefficient (Wildman–Crippen LogP) is 2.52. The van der Waals surface area contributed by atoms with Gasteiger partial charge in [0.05, 0.1) is 10.6 Å². The zero-order valence-electron chi connectivity index (χ0n) is 13.1. The number of fused-ring (bicyclic) bond motifs is 1. The summed E-state index contributed by atoms with van der Waals surface area (Å²) in [5, 5.41) is 13.4. The lowest BCUT2D eigenvalue weighted by Gasteiger charge is -2.03. The van der Waals surface area contributed by atoms with Gasteiger partial charge < -0.3 is 9.72 Å². The van der Waals surface area contributed by atoms with Gasteiger partial charge in [0.25, 0.3) is 11.6 Å². The number of nitrogens with zero attached hydrogens (tertiary/aromatic N) is 3. The number of carbonyl (C=O) groups excluding carboxylic acids is 1. The highest BCUT2D eigenvalue weighted by molar-refractivity contribution is 5.94. The molecule has 0 spiro atoms. The number of nitro groups is 1. The van der Waals surface area contributed by atoms with Crippen LogP contribution in [0.15, 0.2) is 48.8 Å². The third-order valence-electron chi connectivity index (χ3n) is 3.66. The molecule has 0 radical (unpaired) electrons. The molecule has 0 aliphatic heterocycles. The van der Waals surface area contributed by atoms with Crippen molar-refractivity contribution in [3.8, 4) is 0 Å². The average Bonchev–Trinajstić information content (AvgIpc) is 2.96. The summed E-state index contributed by atoms with van der Waals surface area (Å²) >= 11 is 0. The number of rotatable bonds is 5. The number of pyridine rings is 1. The summed E-state index contributed by atoms with van der Waals surface area (Å²) in [6, 6.07) is 9.48. The van der Waals surface area contributed by atoms with E-state index in [-0.39, 0.29) is 11.6 Å². The van der Waals surface area contributed by atoms with Crippen LogP contribution in [-0.4, -0.2) is 26.8 Å². The van der Waals surface area contributed by atoms with E-state index in [1.807, 2.05) is 35.9 Å². The first-order valence-corrected chi connectivity index (χ1v) is 7.50. The van der Waals surface area contributed by atoms with Crippen molar-refractivity contribution in [1.82, 2.24) is 14.7 Å². The molecule has 3 aromatic rings. The van der Waals surface area contributed by atoms with Crippen molar-refractivity contribution in [3.63, 3.8) is 0 Å². The first-order valence-electron chi connectivity index (χ1n) is 7.50. The number of hydrogen-bond donors (Lipinski definition) is 1. The van der Waals surface area contributed by atoms with Gasteiger partial charge in [-0.15, -0.1) is 0 Å². The number of aromatic nitrogens is 2. The number of nitro benzene ring substituents is 1. The van der Waals surface area contributed by atoms with Gasteiger partial charge in [-0.2, -0.15) is 0 Å². The van der Waals surface area contributed by atoms with Crippen molar-refractivity contribution < 1.29 is 9.72 Å². The largest absolute Gasteiger partial charge is 0.352 e. The van der Waals surface area contributed by atoms with E-state index in [4.69, 9.17) is 0 Å². The van der Waals surface area contributed by atoms with Crippen molar-refractivity contribution in [2.75, 3.05) is 6.54 Å². The number of imidazole rings is 1. The summed E-state index contributed by atoms with van der Waals surface area (Å²) in [6.45, 7) is 2.46. The van der Waals surface area contributed by atoms with E-state index < -0.39 is 4.92 Å². The number of aryl methyl sites for hydroxylation is 1. The first kappa shape index (κ1) is 15.7. The Morgan fingerprint density at radius 3 is 2.67 bits per heavy atom. The Kier molecular flexibility index (Phi) is 4.24. The smallest absolute Gasteiger partial charge is 0.269 e. The fraction of sp³-hybridized carbons (Fsp3) is 0.176. The fourth-order valence-corrected chi connectivity index (χ4v) is 2.42. The Morgan fingerprint density at radius 1 is 1.21 bits per heavy atom. The molecule has 0 aliphatic carbocycles. The molecule has 0 aliphatic rings. The molecular formula is C17H16N4O3. The van der Waals surface area contributed by atoms with Crippen LogP contribution in [0.5, 0.6) is 0 Å². The topological polar surface area (TPSA) is 89.5 Å². The normalized spacial score (nSPS) is 10.7. The van der Waals surface area contributed by atoms with E-state index in [2.05, 4.69) is 10.3 Å². The minimum absolute atomic E-state index is 0.0356. The van der Waals surface area contributed by atoms with Gasteiger partial charge in [0, 0.05) is 43.1 Å². The summed E-state index contributed by atoms with van der Waals surface area (Å²) in [7, 11) is 0. The summed E-state index contributed by atoms with van der Waals surface area (Å²) < 4.78 is 1.96. The second kappa shape index (κ2) is 6.49. The molecule has 2 heterocycles. The maximum absolute atomic E-state index is 12.0. The van der Waals surface area contributed by atoms with Crippen molar-refractivity contribution in [1.29, 1.82) is 0 Å². The van der Waals surface area contributed by atoms with Gasteiger partial charge in [-0.05, 0) is 30.7 Å². The highest BCUT2D eigenvalue weighted by atomic mass is 16.6. The maximum Gasteiger partial charge on any atom is 0.269 e. The van der Waals surface area contributed by atoms with E-state index in [9.17, 15) is 14.9 Å². The SMILES string of the molecule is Cc1ccc2nc(CCNC(=O)c3ccc([N+](=O)[O-])cc3)cn2c1. The highest BCUT2D eigenvalue weighted by Crippen LogP contribution is 2.12. The quantitative estimate of drug-likeness (QED) is 0.577. The number of nitrogens with one attached hydrogen (secondary N) is 1. The molecule has 1 aromatic carbocycles. The molecule has 122 valence electrons. The van der Waals surface area contributed by atoms with Crippen LogP contribution in [0.2, 0.25) is 0 Å². The lowest BCUT2D eigenvalue weighted by Crippen LogP contribution is -2.25. The van der Waals surface area contributed by atoms with Gasteiger partial charge in [0.2, 0.25) is 0 Å². The fourth-order valence-electron chi connectivity index (χ4n) is 2.42. The molecule has 7 nitrogen and oxygen atoms in total. The van der Waals surface area contributed by atoms with Crippen LogP contribution in [-0.2, 0) is 6.42 Å². The molecule has 0 unspecified atom stereocenters. The van der Waals surface area contributed by atoms with Crippen molar-refractivity contribution in [2.45, 2.75) is 13.3 Å². The van der Waals surface area contributed by atoms with Crippen LogP contribution in [0.4, 0.5) is 5.69 Å². The van der Waals surface area contributed by atoms with E-state index in [1.54, 1.807) is 0 Å². The van der Waals surface area contributed by atoms with Crippen LogP contribution < -0.4 is 5.32 Å². The number of carbonyl (C=O) groups is 1. The van der Waals surface area contributed by atoms with Crippen LogP contribution in [0, 0.1) is 17.0 Å². The molecule has 3 rings (SSSR count). The molecule has 1 amide bonds. The molecule has 0 fully saturated rings. The lowest BCUT2D eigenvalue weighted by atomic mass is 10.2. The van der Waals surface area contributed by atoms with Gasteiger partial charge in [-0.3, -0.25) is 14.9 Å². The Bertz CT molecular complexity index is 900. The third-order valence-corrected chi connectivity index (χ3v) is 3.66. The number of hydrogen-bond acceptors (Lipinski definition) is 4. The van der Waals surface area contributed by atoms with Gasteiger partial charge in [-0.25, -0.2) is 4.98 Å². The molecule has 0 bridgehead atoms. The molecule has 0 saturated heterocycles. The van der Waals surface area contributed by atoms with Crippen LogP contribution in [0.25, 0.3) is 5.65 Å². The average molecular weight is 324 g/mol. The predicted molar refractivity (Wildman–Crippen MR) is 89.1 cm³/mol. The van der Waals surface area contributed by atoms with Gasteiger partial charge in [-0.1, -0.05) is 6.07 Å². The van der Waals surface area contributed by atoms with Crippen LogP contribution in [0.3, 0.4) is 0 Å². The van der Waals surface area contributed by atoms with Gasteiger partial charge in [0.15, 0.2) is 0 Å². The Balaban J connectivity index is 1.58. The first-order chi connectivity index (χ1) is 11.5. The summed E-state index contributed by atoms with van der Waals surface area (Å²) in [6.07, 6.45) is 4.56. The second-order valence-electron chi connectivity index (χ2n) is 5.51. The van der Waals surface area contributed by atoms with E-state index >= 15 is 0 Å². The standard InChI is InChI=1S/C17H16N4O3/c1-12-2-7-16-19-14(11-20(16)10-12)8-9-18-17(22)13-3-5-15(6-4-13)21(23)24/h2-7,10-11H,8-9H2,1H3,(H,18,22). The van der Waals surface area contributed by atoms with Crippen molar-refractivity contribution in [3.05, 3.63) is 75.7 Å². The van der Waals surface area contributed by atoms with E-state index in [0.717, 1.165) is 16.9 Å². The minimum Gasteiger partial charge on any atom is -0.352 e. The Hall–Kier alpha value is -3.22. The molecule has 7 heteroatoms. The zero-order chi connectivity index (χ0) is 17.1. The zero-order valence-corrected chi connectivity index (χ0v) is 13.1. The lowest BCUT2D eigenvalue weighted by molar-refractivity contribution is -0.384. The van der Waals surface area contributed by atoms with Gasteiger partial charge in [0.1, 0.15) is 5.65 Å². The highest BCUT2D eigenvalue weighted by Gasteiger charge is 2.09. The Labute approximate surface area is 138 Å². The number of amides is 1. The van der Waals surface area contributed by atoms with E-state index in [0.29, 0.717) is 18.5 Å². The molecular weight excluding hydrogens is 308 g/mol. The van der Waals surface area contributed by atoms with Crippen molar-refractivity contribution in [2.24, 2.45) is 0 Å². The number of non-ortho nitro benzene ring substituents is 1. The summed E-state index contributed by atoms with van der Waals surface area (Å²) in [5.41, 5.74) is 3.28. The van der Waals surface area contributed by atoms with Crippen LogP contribution in [0.1, 0.15) is 21.6 Å². The van der Waals surface area contributed by atoms with E-state index in [1.165, 1.54) is 24.3 Å². The monoisotopic (exact) mass is 324 g/mol. The molecule has 0 atom stereocenters. The summed E-state index contributed by atoms with van der Waals surface area (Å²) in [4.78, 5) is 26.6. The molecule has 24 heavy (non-hydrogen) atoms. The maximum atomic E-state index is 12.0. The van der Waals surface area contributed by atoms with Crippen LogP contribution >= 0.6 is 0 Å². The number of benzene rings is 1. The summed E-state index contributed by atoms with van der Waals surface area (Å²) in [5.74, 6) is -0.260. The minimum atomic E-state index is -0.493. The molecule has 2 aromatic heterocycles. The molecule has 0 saturated carbocycles.